The molecule has 1 atom stereocenters. The minimum Gasteiger partial charge on any atom is -0.354 e. The Labute approximate surface area is 218 Å². The van der Waals surface area contributed by atoms with Gasteiger partial charge in [0.1, 0.15) is 12.6 Å². The Morgan fingerprint density at radius 2 is 1.63 bits per heavy atom. The summed E-state index contributed by atoms with van der Waals surface area (Å²) in [5.74, 6) is -0.893. The summed E-state index contributed by atoms with van der Waals surface area (Å²) < 4.78 is 26.4. The molecular weight excluding hydrogens is 509 g/mol. The van der Waals surface area contributed by atoms with Crippen LogP contribution in [0.5, 0.6) is 0 Å². The molecule has 2 amide bonds. The van der Waals surface area contributed by atoms with Gasteiger partial charge in [0.2, 0.25) is 21.8 Å². The van der Waals surface area contributed by atoms with Gasteiger partial charge >= 0.3 is 0 Å². The molecule has 0 aromatic heterocycles. The summed E-state index contributed by atoms with van der Waals surface area (Å²) in [7, 11) is -3.80. The van der Waals surface area contributed by atoms with E-state index >= 15 is 0 Å². The molecule has 0 aliphatic carbocycles. The normalized spacial score (nSPS) is 12.2. The molecule has 0 aliphatic heterocycles. The van der Waals surface area contributed by atoms with E-state index < -0.39 is 28.5 Å². The number of halogens is 2. The zero-order chi connectivity index (χ0) is 26.3. The van der Waals surface area contributed by atoms with Crippen LogP contribution < -0.4 is 9.62 Å². The van der Waals surface area contributed by atoms with Crippen molar-refractivity contribution in [3.63, 3.8) is 0 Å². The van der Waals surface area contributed by atoms with Gasteiger partial charge in [-0.15, -0.1) is 0 Å². The number of rotatable bonds is 11. The van der Waals surface area contributed by atoms with Crippen molar-refractivity contribution in [3.8, 4) is 0 Å². The van der Waals surface area contributed by atoms with Crippen molar-refractivity contribution in [1.29, 1.82) is 0 Å². The number of sulfonamides is 1. The second-order valence-electron chi connectivity index (χ2n) is 8.66. The second kappa shape index (κ2) is 12.6. The van der Waals surface area contributed by atoms with E-state index in [0.717, 1.165) is 34.5 Å². The molecule has 2 rings (SSSR count). The van der Waals surface area contributed by atoms with E-state index in [1.54, 1.807) is 37.3 Å². The van der Waals surface area contributed by atoms with E-state index in [4.69, 9.17) is 23.2 Å². The third-order valence-corrected chi connectivity index (χ3v) is 7.41. The van der Waals surface area contributed by atoms with Crippen molar-refractivity contribution in [2.45, 2.75) is 53.1 Å². The third kappa shape index (κ3) is 8.12. The Balaban J connectivity index is 2.44. The number of hydrogen-bond donors (Lipinski definition) is 1. The van der Waals surface area contributed by atoms with Crippen LogP contribution in [0.3, 0.4) is 0 Å². The highest BCUT2D eigenvalue weighted by atomic mass is 35.5. The third-order valence-electron chi connectivity index (χ3n) is 5.56. The SMILES string of the molecule is CCCCNC(=O)[C@@H](C)N(Cc1c(Cl)cccc1Cl)C(=O)CN(c1cc(C)cc(C)c1)S(C)(=O)=O. The quantitative estimate of drug-likeness (QED) is 0.417. The number of benzene rings is 2. The Morgan fingerprint density at radius 1 is 1.06 bits per heavy atom. The first kappa shape index (κ1) is 28.9. The molecule has 0 unspecified atom stereocenters. The van der Waals surface area contributed by atoms with Gasteiger partial charge in [-0.2, -0.15) is 0 Å². The lowest BCUT2D eigenvalue weighted by Gasteiger charge is -2.32. The highest BCUT2D eigenvalue weighted by Crippen LogP contribution is 2.27. The highest BCUT2D eigenvalue weighted by molar-refractivity contribution is 7.92. The molecule has 2 aromatic rings. The summed E-state index contributed by atoms with van der Waals surface area (Å²) in [6, 6.07) is 9.43. The molecule has 10 heteroatoms. The van der Waals surface area contributed by atoms with Crippen LogP contribution in [-0.2, 0) is 26.2 Å². The average molecular weight is 543 g/mol. The number of unbranched alkanes of at least 4 members (excludes halogenated alkanes) is 1. The molecule has 35 heavy (non-hydrogen) atoms. The fraction of sp³-hybridized carbons (Fsp3) is 0.440. The van der Waals surface area contributed by atoms with E-state index in [0.29, 0.717) is 27.8 Å². The highest BCUT2D eigenvalue weighted by Gasteiger charge is 2.31. The predicted molar refractivity (Wildman–Crippen MR) is 142 cm³/mol. The number of amides is 2. The van der Waals surface area contributed by atoms with E-state index in [1.165, 1.54) is 4.90 Å². The fourth-order valence-electron chi connectivity index (χ4n) is 3.68. The molecular formula is C25H33Cl2N3O4S. The lowest BCUT2D eigenvalue weighted by Crippen LogP contribution is -2.51. The molecule has 0 saturated heterocycles. The molecule has 2 aromatic carbocycles. The van der Waals surface area contributed by atoms with Gasteiger partial charge in [0, 0.05) is 28.7 Å². The van der Waals surface area contributed by atoms with Crippen molar-refractivity contribution in [3.05, 3.63) is 63.1 Å². The maximum atomic E-state index is 13.6. The summed E-state index contributed by atoms with van der Waals surface area (Å²) >= 11 is 12.7. The number of aryl methyl sites for hydroxylation is 2. The average Bonchev–Trinajstić information content (AvgIpc) is 2.75. The first-order valence-corrected chi connectivity index (χ1v) is 14.0. The Morgan fingerprint density at radius 3 is 2.14 bits per heavy atom. The van der Waals surface area contributed by atoms with E-state index in [1.807, 2.05) is 26.8 Å². The maximum absolute atomic E-state index is 13.6. The lowest BCUT2D eigenvalue weighted by molar-refractivity contribution is -0.139. The fourth-order valence-corrected chi connectivity index (χ4v) is 5.03. The van der Waals surface area contributed by atoms with Gasteiger partial charge < -0.3 is 10.2 Å². The number of nitrogens with zero attached hydrogens (tertiary/aromatic N) is 2. The van der Waals surface area contributed by atoms with E-state index in [2.05, 4.69) is 5.32 Å². The van der Waals surface area contributed by atoms with Crippen LogP contribution in [0.15, 0.2) is 36.4 Å². The van der Waals surface area contributed by atoms with Gasteiger partial charge in [-0.25, -0.2) is 8.42 Å². The van der Waals surface area contributed by atoms with Crippen LogP contribution in [0.25, 0.3) is 0 Å². The summed E-state index contributed by atoms with van der Waals surface area (Å²) in [4.78, 5) is 27.8. The summed E-state index contributed by atoms with van der Waals surface area (Å²) in [5.41, 5.74) is 2.60. The van der Waals surface area contributed by atoms with Crippen molar-refractivity contribution >= 4 is 50.7 Å². The Bertz CT molecular complexity index is 1130. The smallest absolute Gasteiger partial charge is 0.244 e. The Hall–Kier alpha value is -2.29. The molecule has 0 heterocycles. The molecule has 192 valence electrons. The van der Waals surface area contributed by atoms with Crippen molar-refractivity contribution < 1.29 is 18.0 Å². The van der Waals surface area contributed by atoms with Gasteiger partial charge in [0.05, 0.1) is 11.9 Å². The first-order chi connectivity index (χ1) is 16.3. The molecule has 0 spiro atoms. The van der Waals surface area contributed by atoms with Crippen LogP contribution >= 0.6 is 23.2 Å². The van der Waals surface area contributed by atoms with Gasteiger partial charge in [0.25, 0.3) is 0 Å². The lowest BCUT2D eigenvalue weighted by atomic mass is 10.1. The van der Waals surface area contributed by atoms with Crippen LogP contribution in [0, 0.1) is 13.8 Å². The summed E-state index contributed by atoms with van der Waals surface area (Å²) in [6.07, 6.45) is 2.76. The second-order valence-corrected chi connectivity index (χ2v) is 11.4. The number of nitrogens with one attached hydrogen (secondary N) is 1. The molecule has 0 radical (unpaired) electrons. The number of anilines is 1. The van der Waals surface area contributed by atoms with E-state index in [9.17, 15) is 18.0 Å². The zero-order valence-corrected chi connectivity index (χ0v) is 23.1. The number of carbonyl (C=O) groups is 2. The summed E-state index contributed by atoms with van der Waals surface area (Å²) in [5, 5.41) is 3.53. The molecule has 0 bridgehead atoms. The topological polar surface area (TPSA) is 86.8 Å². The zero-order valence-electron chi connectivity index (χ0n) is 20.8. The maximum Gasteiger partial charge on any atom is 0.244 e. The van der Waals surface area contributed by atoms with Gasteiger partial charge in [-0.3, -0.25) is 13.9 Å². The number of carbonyl (C=O) groups excluding carboxylic acids is 2. The van der Waals surface area contributed by atoms with Gasteiger partial charge in [0.15, 0.2) is 0 Å². The standard InChI is InChI=1S/C25H33Cl2N3O4S/c1-6-7-11-28-25(32)19(4)29(15-21-22(26)9-8-10-23(21)27)24(31)16-30(35(5,33)34)20-13-17(2)12-18(3)14-20/h8-10,12-14,19H,6-7,11,15-16H2,1-5H3,(H,28,32)/t19-/m1/s1. The van der Waals surface area contributed by atoms with Gasteiger partial charge in [-0.05, 0) is 62.6 Å². The minimum atomic E-state index is -3.80. The predicted octanol–water partition coefficient (Wildman–Crippen LogP) is 4.71. The van der Waals surface area contributed by atoms with Crippen LogP contribution in [-0.4, -0.2) is 50.5 Å². The van der Waals surface area contributed by atoms with Crippen molar-refractivity contribution in [1.82, 2.24) is 10.2 Å². The summed E-state index contributed by atoms with van der Waals surface area (Å²) in [6.45, 7) is 7.27. The molecule has 1 N–H and O–H groups in total. The monoisotopic (exact) mass is 541 g/mol. The van der Waals surface area contributed by atoms with Crippen molar-refractivity contribution in [2.24, 2.45) is 0 Å². The minimum absolute atomic E-state index is 0.0514. The molecule has 0 aliphatic rings. The first-order valence-electron chi connectivity index (χ1n) is 11.4. The van der Waals surface area contributed by atoms with Crippen LogP contribution in [0.4, 0.5) is 5.69 Å². The van der Waals surface area contributed by atoms with Crippen LogP contribution in [0.1, 0.15) is 43.4 Å². The largest absolute Gasteiger partial charge is 0.354 e. The number of hydrogen-bond acceptors (Lipinski definition) is 4. The Kier molecular flexibility index (Phi) is 10.4. The molecule has 0 fully saturated rings. The molecule has 0 saturated carbocycles. The molecule has 7 nitrogen and oxygen atoms in total. The van der Waals surface area contributed by atoms with Crippen molar-refractivity contribution in [2.75, 3.05) is 23.7 Å². The van der Waals surface area contributed by atoms with Crippen LogP contribution in [0.2, 0.25) is 10.0 Å². The van der Waals surface area contributed by atoms with Gasteiger partial charge in [-0.1, -0.05) is 48.7 Å². The van der Waals surface area contributed by atoms with E-state index in [-0.39, 0.29) is 12.5 Å².